The lowest BCUT2D eigenvalue weighted by Crippen LogP contribution is -2.25. The maximum Gasteiger partial charge on any atom is 0.282 e. The molecule has 0 radical (unpaired) electrons. The Morgan fingerprint density at radius 2 is 1.87 bits per heavy atom. The van der Waals surface area contributed by atoms with Crippen LogP contribution in [0, 0.1) is 10.1 Å². The number of nitro benzene ring substituents is 1. The second-order valence-corrected chi connectivity index (χ2v) is 10.0. The van der Waals surface area contributed by atoms with Gasteiger partial charge in [0, 0.05) is 39.2 Å². The van der Waals surface area contributed by atoms with E-state index in [1.54, 1.807) is 30.3 Å². The summed E-state index contributed by atoms with van der Waals surface area (Å²) in [6, 6.07) is 16.5. The van der Waals surface area contributed by atoms with Gasteiger partial charge in [-0.25, -0.2) is 4.98 Å². The maximum absolute atomic E-state index is 13.5. The number of para-hydroxylation sites is 1. The number of nitro groups is 1. The second-order valence-electron chi connectivity index (χ2n) is 9.19. The summed E-state index contributed by atoms with van der Waals surface area (Å²) in [5, 5.41) is 17.4. The van der Waals surface area contributed by atoms with Crippen molar-refractivity contribution < 1.29 is 9.66 Å². The molecule has 8 nitrogen and oxygen atoms in total. The molecule has 1 aliphatic carbocycles. The van der Waals surface area contributed by atoms with Gasteiger partial charge in [0.05, 0.1) is 22.0 Å². The number of hydrogen-bond acceptors (Lipinski definition) is 6. The molecule has 0 amide bonds. The Hall–Kier alpha value is -3.75. The Balaban J connectivity index is 1.55. The fourth-order valence-corrected chi connectivity index (χ4v) is 5.14. The fraction of sp³-hybridized carbons (Fsp3) is 0.250. The maximum atomic E-state index is 13.5. The Kier molecular flexibility index (Phi) is 7.72. The first kappa shape index (κ1) is 25.9. The van der Waals surface area contributed by atoms with Crippen LogP contribution in [-0.4, -0.2) is 20.8 Å². The monoisotopic (exact) mass is 550 g/mol. The number of halogens is 2. The van der Waals surface area contributed by atoms with Crippen molar-refractivity contribution in [2.24, 2.45) is 5.10 Å². The number of rotatable bonds is 7. The van der Waals surface area contributed by atoms with E-state index in [1.165, 1.54) is 29.1 Å². The van der Waals surface area contributed by atoms with Crippen LogP contribution >= 0.6 is 23.2 Å². The topological polar surface area (TPSA) is 99.6 Å². The summed E-state index contributed by atoms with van der Waals surface area (Å²) in [6.07, 6.45) is 6.54. The molecule has 0 aliphatic heterocycles. The molecule has 0 spiro atoms. The third-order valence-electron chi connectivity index (χ3n) is 6.66. The van der Waals surface area contributed by atoms with Crippen LogP contribution < -0.4 is 10.3 Å². The van der Waals surface area contributed by atoms with Crippen LogP contribution in [0.4, 0.5) is 5.69 Å². The lowest BCUT2D eigenvalue weighted by atomic mass is 9.88. The first-order valence-electron chi connectivity index (χ1n) is 12.3. The van der Waals surface area contributed by atoms with Gasteiger partial charge in [0.25, 0.3) is 11.2 Å². The molecule has 0 N–H and O–H groups in total. The van der Waals surface area contributed by atoms with Crippen LogP contribution in [0.15, 0.2) is 70.6 Å². The number of ether oxygens (including phenoxy) is 1. The minimum atomic E-state index is -0.492. The molecule has 38 heavy (non-hydrogen) atoms. The van der Waals surface area contributed by atoms with E-state index in [1.807, 2.05) is 12.1 Å². The van der Waals surface area contributed by atoms with E-state index in [4.69, 9.17) is 32.9 Å². The highest BCUT2D eigenvalue weighted by atomic mass is 35.5. The van der Waals surface area contributed by atoms with Crippen molar-refractivity contribution in [2.75, 3.05) is 0 Å². The molecule has 194 valence electrons. The molecule has 0 bridgehead atoms. The van der Waals surface area contributed by atoms with Crippen molar-refractivity contribution in [3.8, 4) is 5.75 Å². The molecule has 0 unspecified atom stereocenters. The largest absolute Gasteiger partial charge is 0.488 e. The molecular weight excluding hydrogens is 527 g/mol. The van der Waals surface area contributed by atoms with E-state index in [2.05, 4.69) is 5.10 Å². The number of non-ortho nitro benzene ring substituents is 1. The van der Waals surface area contributed by atoms with Gasteiger partial charge in [-0.15, -0.1) is 0 Å². The summed E-state index contributed by atoms with van der Waals surface area (Å²) < 4.78 is 7.30. The fourth-order valence-electron chi connectivity index (χ4n) is 4.67. The van der Waals surface area contributed by atoms with E-state index in [0.717, 1.165) is 32.1 Å². The lowest BCUT2D eigenvalue weighted by molar-refractivity contribution is -0.384. The molecule has 4 aromatic rings. The van der Waals surface area contributed by atoms with E-state index >= 15 is 0 Å². The quantitative estimate of drug-likeness (QED) is 0.138. The first-order chi connectivity index (χ1) is 18.4. The zero-order chi connectivity index (χ0) is 26.6. The van der Waals surface area contributed by atoms with Crippen molar-refractivity contribution in [3.05, 3.63) is 108 Å². The highest BCUT2D eigenvalue weighted by molar-refractivity contribution is 6.35. The molecule has 5 rings (SSSR count). The van der Waals surface area contributed by atoms with Crippen LogP contribution in [0.1, 0.15) is 55.0 Å². The summed E-state index contributed by atoms with van der Waals surface area (Å²) >= 11 is 12.3. The molecule has 10 heteroatoms. The Morgan fingerprint density at radius 1 is 1.08 bits per heavy atom. The predicted molar refractivity (Wildman–Crippen MR) is 149 cm³/mol. The molecule has 1 fully saturated rings. The van der Waals surface area contributed by atoms with Crippen molar-refractivity contribution >= 4 is 46.0 Å². The average molecular weight is 551 g/mol. The minimum Gasteiger partial charge on any atom is -0.488 e. The summed E-state index contributed by atoms with van der Waals surface area (Å²) in [4.78, 5) is 29.3. The van der Waals surface area contributed by atoms with E-state index in [9.17, 15) is 14.9 Å². The number of benzene rings is 3. The van der Waals surface area contributed by atoms with Gasteiger partial charge < -0.3 is 4.74 Å². The zero-order valence-electron chi connectivity index (χ0n) is 20.3. The summed E-state index contributed by atoms with van der Waals surface area (Å²) in [5.41, 5.74) is 1.27. The van der Waals surface area contributed by atoms with Crippen molar-refractivity contribution in [2.45, 2.75) is 44.6 Å². The lowest BCUT2D eigenvalue weighted by Gasteiger charge is -2.22. The average Bonchev–Trinajstić information content (AvgIpc) is 2.92. The standard InChI is InChI=1S/C28H24Cl2N4O4/c29-21-11-10-19(24(30)15-21)17-38-26-13-12-22(34(36)37)14-20(26)16-31-33-27(18-6-2-1-3-7-18)32-25-9-5-4-8-23(25)28(33)35/h4-5,8-16,18H,1-3,6-7,17H2. The highest BCUT2D eigenvalue weighted by Crippen LogP contribution is 2.32. The van der Waals surface area contributed by atoms with Crippen LogP contribution in [0.5, 0.6) is 5.75 Å². The minimum absolute atomic E-state index is 0.103. The molecule has 0 atom stereocenters. The SMILES string of the molecule is O=c1c2ccccc2nc(C2CCCCC2)n1N=Cc1cc([N+](=O)[O-])ccc1OCc1ccc(Cl)cc1Cl. The number of nitrogens with zero attached hydrogens (tertiary/aromatic N) is 4. The second kappa shape index (κ2) is 11.3. The summed E-state index contributed by atoms with van der Waals surface area (Å²) in [5.74, 6) is 1.06. The number of aromatic nitrogens is 2. The van der Waals surface area contributed by atoms with Gasteiger partial charge >= 0.3 is 0 Å². The number of fused-ring (bicyclic) bond motifs is 1. The third-order valence-corrected chi connectivity index (χ3v) is 7.25. The van der Waals surface area contributed by atoms with Crippen molar-refractivity contribution in [1.29, 1.82) is 0 Å². The van der Waals surface area contributed by atoms with Crippen LogP contribution in [0.3, 0.4) is 0 Å². The zero-order valence-corrected chi connectivity index (χ0v) is 21.9. The van der Waals surface area contributed by atoms with Gasteiger partial charge in [0.2, 0.25) is 0 Å². The van der Waals surface area contributed by atoms with Crippen LogP contribution in [-0.2, 0) is 6.61 Å². The smallest absolute Gasteiger partial charge is 0.282 e. The highest BCUT2D eigenvalue weighted by Gasteiger charge is 2.22. The van der Waals surface area contributed by atoms with Crippen LogP contribution in [0.2, 0.25) is 10.0 Å². The Bertz CT molecular complexity index is 1600. The van der Waals surface area contributed by atoms with Gasteiger partial charge in [-0.1, -0.05) is 60.7 Å². The normalized spacial score (nSPS) is 14.3. The third kappa shape index (κ3) is 5.56. The van der Waals surface area contributed by atoms with Gasteiger partial charge in [-0.2, -0.15) is 9.78 Å². The molecule has 0 saturated heterocycles. The van der Waals surface area contributed by atoms with Crippen molar-refractivity contribution in [3.63, 3.8) is 0 Å². The van der Waals surface area contributed by atoms with E-state index in [0.29, 0.717) is 43.6 Å². The molecular formula is C28H24Cl2N4O4. The molecule has 3 aromatic carbocycles. The number of hydrogen-bond donors (Lipinski definition) is 0. The summed E-state index contributed by atoms with van der Waals surface area (Å²) in [6.45, 7) is 0.111. The predicted octanol–water partition coefficient (Wildman–Crippen LogP) is 7.12. The van der Waals surface area contributed by atoms with Gasteiger partial charge in [-0.05, 0) is 43.2 Å². The Morgan fingerprint density at radius 3 is 2.63 bits per heavy atom. The van der Waals surface area contributed by atoms with E-state index in [-0.39, 0.29) is 23.8 Å². The van der Waals surface area contributed by atoms with Gasteiger partial charge in [0.1, 0.15) is 18.2 Å². The summed E-state index contributed by atoms with van der Waals surface area (Å²) in [7, 11) is 0. The van der Waals surface area contributed by atoms with Gasteiger partial charge in [0.15, 0.2) is 0 Å². The first-order valence-corrected chi connectivity index (χ1v) is 13.1. The van der Waals surface area contributed by atoms with Crippen LogP contribution in [0.25, 0.3) is 10.9 Å². The molecule has 1 aliphatic rings. The molecule has 1 aromatic heterocycles. The Labute approximate surface area is 228 Å². The van der Waals surface area contributed by atoms with Crippen molar-refractivity contribution in [1.82, 2.24) is 9.66 Å². The molecule has 1 saturated carbocycles. The van der Waals surface area contributed by atoms with E-state index < -0.39 is 4.92 Å². The van der Waals surface area contributed by atoms with Gasteiger partial charge in [-0.3, -0.25) is 14.9 Å². The molecule has 1 heterocycles.